The largest absolute Gasteiger partial charge is 0.311 e. The lowest BCUT2D eigenvalue weighted by Crippen LogP contribution is -2.40. The first kappa shape index (κ1) is 11.8. The van der Waals surface area contributed by atoms with Gasteiger partial charge in [0.2, 0.25) is 0 Å². The first-order chi connectivity index (χ1) is 8.72. The molecule has 18 heavy (non-hydrogen) atoms. The van der Waals surface area contributed by atoms with E-state index in [1.54, 1.807) is 18.2 Å². The maximum Gasteiger partial charge on any atom is 0.140 e. The molecule has 3 rings (SSSR count). The molecule has 0 radical (unpaired) electrons. The zero-order valence-electron chi connectivity index (χ0n) is 10.4. The van der Waals surface area contributed by atoms with Gasteiger partial charge in [0.25, 0.3) is 0 Å². The molecule has 2 fully saturated rings. The molecule has 96 valence electrons. The molecule has 1 aromatic carbocycles. The highest BCUT2D eigenvalue weighted by Gasteiger charge is 2.36. The van der Waals surface area contributed by atoms with E-state index in [1.165, 1.54) is 18.9 Å². The molecule has 2 unspecified atom stereocenters. The number of carbonyl (C=O) groups is 1. The van der Waals surface area contributed by atoms with Gasteiger partial charge in [0.1, 0.15) is 11.6 Å². The van der Waals surface area contributed by atoms with Crippen LogP contribution in [0.4, 0.5) is 4.39 Å². The molecule has 1 N–H and O–H groups in total. The molecule has 0 aromatic heterocycles. The predicted molar refractivity (Wildman–Crippen MR) is 67.8 cm³/mol. The quantitative estimate of drug-likeness (QED) is 0.889. The fraction of sp³-hybridized carbons (Fsp3) is 0.533. The van der Waals surface area contributed by atoms with E-state index in [4.69, 9.17) is 0 Å². The third kappa shape index (κ3) is 2.32. The molecule has 0 saturated carbocycles. The van der Waals surface area contributed by atoms with Crippen molar-refractivity contribution in [2.24, 2.45) is 5.92 Å². The van der Waals surface area contributed by atoms with Crippen LogP contribution in [0.2, 0.25) is 0 Å². The number of rotatable bonds is 3. The van der Waals surface area contributed by atoms with Gasteiger partial charge in [-0.25, -0.2) is 4.39 Å². The molecule has 2 aliphatic heterocycles. The van der Waals surface area contributed by atoms with Crippen LogP contribution in [0.1, 0.15) is 31.2 Å². The summed E-state index contributed by atoms with van der Waals surface area (Å²) in [7, 11) is 0. The minimum Gasteiger partial charge on any atom is -0.311 e. The third-order valence-corrected chi connectivity index (χ3v) is 4.25. The number of piperidine rings is 1. The standard InChI is InChI=1S/C15H18FNO/c16-14-4-2-1-3-10(14)9-15(18)11-7-12-5-6-13(8-11)17-12/h1-4,11-13,17H,5-9H2. The number of benzene rings is 1. The first-order valence-corrected chi connectivity index (χ1v) is 6.74. The molecule has 2 atom stereocenters. The van der Waals surface area contributed by atoms with Gasteiger partial charge in [-0.1, -0.05) is 18.2 Å². The molecule has 3 heteroatoms. The highest BCUT2D eigenvalue weighted by Crippen LogP contribution is 2.32. The van der Waals surface area contributed by atoms with Gasteiger partial charge in [0.15, 0.2) is 0 Å². The van der Waals surface area contributed by atoms with Crippen molar-refractivity contribution in [3.8, 4) is 0 Å². The van der Waals surface area contributed by atoms with E-state index in [9.17, 15) is 9.18 Å². The van der Waals surface area contributed by atoms with E-state index in [-0.39, 0.29) is 23.9 Å². The number of nitrogens with one attached hydrogen (secondary N) is 1. The van der Waals surface area contributed by atoms with E-state index in [0.29, 0.717) is 17.6 Å². The average molecular weight is 247 g/mol. The van der Waals surface area contributed by atoms with E-state index < -0.39 is 0 Å². The van der Waals surface area contributed by atoms with Crippen molar-refractivity contribution in [2.75, 3.05) is 0 Å². The number of ketones is 1. The smallest absolute Gasteiger partial charge is 0.140 e. The monoisotopic (exact) mass is 247 g/mol. The molecule has 2 heterocycles. The van der Waals surface area contributed by atoms with Crippen LogP contribution in [0.25, 0.3) is 0 Å². The van der Waals surface area contributed by atoms with Crippen LogP contribution in [0.15, 0.2) is 24.3 Å². The maximum absolute atomic E-state index is 13.5. The van der Waals surface area contributed by atoms with Crippen molar-refractivity contribution in [1.29, 1.82) is 0 Å². The van der Waals surface area contributed by atoms with Crippen LogP contribution in [0.3, 0.4) is 0 Å². The molecule has 2 saturated heterocycles. The summed E-state index contributed by atoms with van der Waals surface area (Å²) in [6.45, 7) is 0. The van der Waals surface area contributed by atoms with E-state index in [1.807, 2.05) is 0 Å². The van der Waals surface area contributed by atoms with E-state index in [2.05, 4.69) is 5.32 Å². The topological polar surface area (TPSA) is 29.1 Å². The van der Waals surface area contributed by atoms with Gasteiger partial charge in [-0.05, 0) is 37.3 Å². The number of carbonyl (C=O) groups excluding carboxylic acids is 1. The summed E-state index contributed by atoms with van der Waals surface area (Å²) in [5, 5.41) is 3.52. The Bertz CT molecular complexity index is 448. The Labute approximate surface area is 107 Å². The average Bonchev–Trinajstić information content (AvgIpc) is 2.71. The highest BCUT2D eigenvalue weighted by atomic mass is 19.1. The summed E-state index contributed by atoms with van der Waals surface area (Å²) in [6.07, 6.45) is 4.49. The minimum atomic E-state index is -0.261. The van der Waals surface area contributed by atoms with Crippen molar-refractivity contribution >= 4 is 5.78 Å². The number of hydrogen-bond donors (Lipinski definition) is 1. The van der Waals surface area contributed by atoms with Crippen LogP contribution in [0, 0.1) is 11.7 Å². The summed E-state index contributed by atoms with van der Waals surface area (Å²) in [4.78, 5) is 12.2. The van der Waals surface area contributed by atoms with Gasteiger partial charge < -0.3 is 5.32 Å². The zero-order chi connectivity index (χ0) is 12.5. The van der Waals surface area contributed by atoms with Crippen molar-refractivity contribution in [1.82, 2.24) is 5.32 Å². The predicted octanol–water partition coefficient (Wildman–Crippen LogP) is 2.47. The number of fused-ring (bicyclic) bond motifs is 2. The fourth-order valence-electron chi connectivity index (χ4n) is 3.29. The van der Waals surface area contributed by atoms with Crippen LogP contribution in [-0.2, 0) is 11.2 Å². The molecule has 2 aliphatic rings. The lowest BCUT2D eigenvalue weighted by molar-refractivity contribution is -0.123. The fourth-order valence-corrected chi connectivity index (χ4v) is 3.29. The van der Waals surface area contributed by atoms with E-state index in [0.717, 1.165) is 12.8 Å². The van der Waals surface area contributed by atoms with Crippen molar-refractivity contribution in [3.63, 3.8) is 0 Å². The molecule has 0 spiro atoms. The van der Waals surface area contributed by atoms with Crippen molar-refractivity contribution in [2.45, 2.75) is 44.2 Å². The molecule has 0 aliphatic carbocycles. The van der Waals surface area contributed by atoms with Crippen molar-refractivity contribution < 1.29 is 9.18 Å². The lowest BCUT2D eigenvalue weighted by atomic mass is 9.86. The van der Waals surface area contributed by atoms with Gasteiger partial charge in [0.05, 0.1) is 0 Å². The molecular formula is C15H18FNO. The Kier molecular flexibility index (Phi) is 3.16. The summed E-state index contributed by atoms with van der Waals surface area (Å²) >= 11 is 0. The Morgan fingerprint density at radius 1 is 1.22 bits per heavy atom. The van der Waals surface area contributed by atoms with Crippen LogP contribution in [-0.4, -0.2) is 17.9 Å². The molecule has 2 bridgehead atoms. The summed E-state index contributed by atoms with van der Waals surface area (Å²) in [6, 6.07) is 7.61. The summed E-state index contributed by atoms with van der Waals surface area (Å²) in [5.74, 6) is 0.0737. The van der Waals surface area contributed by atoms with Gasteiger partial charge in [-0.15, -0.1) is 0 Å². The SMILES string of the molecule is O=C(Cc1ccccc1F)C1CC2CCC(C1)N2. The van der Waals surface area contributed by atoms with Crippen LogP contribution < -0.4 is 5.32 Å². The second kappa shape index (κ2) is 4.81. The van der Waals surface area contributed by atoms with Gasteiger partial charge in [-0.3, -0.25) is 4.79 Å². The number of Topliss-reactive ketones (excluding diaryl/α,β-unsaturated/α-hetero) is 1. The Balaban J connectivity index is 1.67. The number of halogens is 1. The Morgan fingerprint density at radius 2 is 1.89 bits per heavy atom. The molecule has 0 amide bonds. The second-order valence-corrected chi connectivity index (χ2v) is 5.54. The molecular weight excluding hydrogens is 229 g/mol. The van der Waals surface area contributed by atoms with Gasteiger partial charge in [0, 0.05) is 24.4 Å². The highest BCUT2D eigenvalue weighted by molar-refractivity contribution is 5.83. The molecule has 1 aromatic rings. The first-order valence-electron chi connectivity index (χ1n) is 6.74. The van der Waals surface area contributed by atoms with Crippen LogP contribution in [0.5, 0.6) is 0 Å². The second-order valence-electron chi connectivity index (χ2n) is 5.54. The maximum atomic E-state index is 13.5. The zero-order valence-corrected chi connectivity index (χ0v) is 10.4. The third-order valence-electron chi connectivity index (χ3n) is 4.25. The van der Waals surface area contributed by atoms with Crippen molar-refractivity contribution in [3.05, 3.63) is 35.6 Å². The summed E-state index contributed by atoms with van der Waals surface area (Å²) in [5.41, 5.74) is 0.536. The minimum absolute atomic E-state index is 0.128. The summed E-state index contributed by atoms with van der Waals surface area (Å²) < 4.78 is 13.5. The van der Waals surface area contributed by atoms with Gasteiger partial charge in [-0.2, -0.15) is 0 Å². The normalized spacial score (nSPS) is 30.4. The van der Waals surface area contributed by atoms with E-state index >= 15 is 0 Å². The molecule has 2 nitrogen and oxygen atoms in total. The lowest BCUT2D eigenvalue weighted by Gasteiger charge is -2.28. The Morgan fingerprint density at radius 3 is 2.56 bits per heavy atom. The Hall–Kier alpha value is -1.22. The van der Waals surface area contributed by atoms with Crippen LogP contribution >= 0.6 is 0 Å². The number of hydrogen-bond acceptors (Lipinski definition) is 2. The van der Waals surface area contributed by atoms with Gasteiger partial charge >= 0.3 is 0 Å².